The average molecular weight is 321 g/mol. The quantitative estimate of drug-likeness (QED) is 0.546. The van der Waals surface area contributed by atoms with Crippen LogP contribution in [-0.2, 0) is 0 Å². The second-order valence-electron chi connectivity index (χ2n) is 7.44. The predicted octanol–water partition coefficient (Wildman–Crippen LogP) is 5.88. The molecule has 0 aliphatic carbocycles. The fourth-order valence-corrected chi connectivity index (χ4v) is 15.9. The largest absolute Gasteiger partial charge is 0.126 e. The van der Waals surface area contributed by atoms with Gasteiger partial charge in [0.05, 0.1) is 16.3 Å². The molecule has 0 nitrogen and oxygen atoms in total. The van der Waals surface area contributed by atoms with Gasteiger partial charge >= 0.3 is 0 Å². The van der Waals surface area contributed by atoms with Crippen LogP contribution in [0.5, 0.6) is 0 Å². The highest BCUT2D eigenvalue weighted by Crippen LogP contribution is 2.89. The van der Waals surface area contributed by atoms with Crippen LogP contribution in [0.2, 0.25) is 0 Å². The summed E-state index contributed by atoms with van der Waals surface area (Å²) >= 11 is 8.94. The standard InChI is InChI=1S/C14H24S4/c1-9(2)11(5)15-13(7)10(3,4)14(8,16-11)18-12(9,6)17-13/h1-8H3. The second-order valence-corrected chi connectivity index (χ2v) is 15.8. The van der Waals surface area contributed by atoms with E-state index in [1.807, 2.05) is 0 Å². The van der Waals surface area contributed by atoms with Gasteiger partial charge in [0.1, 0.15) is 0 Å². The van der Waals surface area contributed by atoms with Crippen molar-refractivity contribution in [2.45, 2.75) is 71.7 Å². The van der Waals surface area contributed by atoms with Crippen LogP contribution in [0, 0.1) is 10.8 Å². The second kappa shape index (κ2) is 3.25. The van der Waals surface area contributed by atoms with Crippen molar-refractivity contribution in [3.63, 3.8) is 0 Å². The van der Waals surface area contributed by atoms with E-state index in [1.54, 1.807) is 0 Å². The molecule has 4 heterocycles. The Morgan fingerprint density at radius 2 is 0.556 bits per heavy atom. The van der Waals surface area contributed by atoms with E-state index in [0.29, 0.717) is 27.1 Å². The summed E-state index contributed by atoms with van der Waals surface area (Å²) in [5, 5.41) is 0. The first kappa shape index (κ1) is 14.3. The Morgan fingerprint density at radius 1 is 0.389 bits per heavy atom. The van der Waals surface area contributed by atoms with Gasteiger partial charge in [-0.15, -0.1) is 47.0 Å². The molecule has 0 atom stereocenters. The van der Waals surface area contributed by atoms with Crippen molar-refractivity contribution < 1.29 is 0 Å². The molecule has 4 saturated heterocycles. The van der Waals surface area contributed by atoms with Gasteiger partial charge in [0.15, 0.2) is 0 Å². The SMILES string of the molecule is CC12SC3(C)SC(C)(SC(C)(S1)C3(C)C)C2(C)C. The van der Waals surface area contributed by atoms with E-state index in [2.05, 4.69) is 102 Å². The molecule has 4 aliphatic rings. The van der Waals surface area contributed by atoms with Crippen molar-refractivity contribution in [3.8, 4) is 0 Å². The Bertz CT molecular complexity index is 340. The van der Waals surface area contributed by atoms with E-state index in [4.69, 9.17) is 0 Å². The number of hydrogen-bond donors (Lipinski definition) is 0. The van der Waals surface area contributed by atoms with Gasteiger partial charge in [0.2, 0.25) is 0 Å². The summed E-state index contributed by atoms with van der Waals surface area (Å²) in [7, 11) is 0. The van der Waals surface area contributed by atoms with Crippen LogP contribution in [-0.4, -0.2) is 16.3 Å². The van der Waals surface area contributed by atoms with Gasteiger partial charge in [-0.1, -0.05) is 27.7 Å². The summed E-state index contributed by atoms with van der Waals surface area (Å²) in [6, 6.07) is 0. The van der Waals surface area contributed by atoms with Crippen LogP contribution in [0.15, 0.2) is 0 Å². The molecule has 0 aromatic carbocycles. The smallest absolute Gasteiger partial charge is 0.0683 e. The van der Waals surface area contributed by atoms with Gasteiger partial charge in [0.25, 0.3) is 0 Å². The Hall–Kier alpha value is 1.40. The van der Waals surface area contributed by atoms with Gasteiger partial charge in [-0.05, 0) is 27.7 Å². The zero-order chi connectivity index (χ0) is 13.8. The summed E-state index contributed by atoms with van der Waals surface area (Å²) < 4.78 is 1.32. The van der Waals surface area contributed by atoms with Crippen LogP contribution >= 0.6 is 47.0 Å². The third-order valence-corrected chi connectivity index (χ3v) is 15.3. The van der Waals surface area contributed by atoms with Crippen molar-refractivity contribution in [3.05, 3.63) is 0 Å². The molecule has 0 radical (unpaired) electrons. The average Bonchev–Trinajstić information content (AvgIpc) is 2.09. The monoisotopic (exact) mass is 320 g/mol. The molecule has 0 spiro atoms. The fourth-order valence-electron chi connectivity index (χ4n) is 3.42. The summed E-state index contributed by atoms with van der Waals surface area (Å²) in [5.41, 5.74) is 0.695. The molecule has 0 N–H and O–H groups in total. The van der Waals surface area contributed by atoms with E-state index < -0.39 is 0 Å². The molecule has 0 aromatic rings. The van der Waals surface area contributed by atoms with E-state index in [0.717, 1.165) is 0 Å². The minimum atomic E-state index is 0.331. The first-order valence-electron chi connectivity index (χ1n) is 6.63. The Balaban J connectivity index is 2.24. The van der Waals surface area contributed by atoms with Gasteiger partial charge in [-0.2, -0.15) is 0 Å². The highest BCUT2D eigenvalue weighted by Gasteiger charge is 2.79. The molecule has 4 aliphatic heterocycles. The lowest BCUT2D eigenvalue weighted by molar-refractivity contribution is 0.234. The Morgan fingerprint density at radius 3 is 0.722 bits per heavy atom. The number of rotatable bonds is 0. The summed E-state index contributed by atoms with van der Waals surface area (Å²) in [4.78, 5) is 0. The first-order chi connectivity index (χ1) is 7.83. The zero-order valence-corrected chi connectivity index (χ0v) is 15.9. The Labute approximate surface area is 129 Å². The minimum Gasteiger partial charge on any atom is -0.126 e. The molecule has 4 bridgehead atoms. The van der Waals surface area contributed by atoms with E-state index >= 15 is 0 Å². The van der Waals surface area contributed by atoms with Crippen molar-refractivity contribution >= 4 is 47.0 Å². The normalized spacial score (nSPS) is 60.0. The van der Waals surface area contributed by atoms with E-state index in [1.165, 1.54) is 0 Å². The van der Waals surface area contributed by atoms with Crippen molar-refractivity contribution in [2.75, 3.05) is 0 Å². The van der Waals surface area contributed by atoms with Crippen molar-refractivity contribution in [2.24, 2.45) is 10.8 Å². The van der Waals surface area contributed by atoms with Crippen LogP contribution < -0.4 is 0 Å². The highest BCUT2D eigenvalue weighted by atomic mass is 32.3. The third-order valence-electron chi connectivity index (χ3n) is 6.10. The molecule has 18 heavy (non-hydrogen) atoms. The maximum atomic E-state index is 2.49. The molecule has 0 amide bonds. The highest BCUT2D eigenvalue weighted by molar-refractivity contribution is 8.38. The lowest BCUT2D eigenvalue weighted by Crippen LogP contribution is -2.72. The minimum absolute atomic E-state index is 0.331. The predicted molar refractivity (Wildman–Crippen MR) is 91.5 cm³/mol. The van der Waals surface area contributed by atoms with Crippen LogP contribution in [0.25, 0.3) is 0 Å². The lowest BCUT2D eigenvalue weighted by Gasteiger charge is -2.78. The molecular weight excluding hydrogens is 296 g/mol. The van der Waals surface area contributed by atoms with Gasteiger partial charge in [0, 0.05) is 10.8 Å². The van der Waals surface area contributed by atoms with Gasteiger partial charge in [-0.3, -0.25) is 0 Å². The molecule has 4 heteroatoms. The van der Waals surface area contributed by atoms with Crippen LogP contribution in [0.4, 0.5) is 0 Å². The van der Waals surface area contributed by atoms with Gasteiger partial charge in [-0.25, -0.2) is 0 Å². The lowest BCUT2D eigenvalue weighted by atomic mass is 9.82. The van der Waals surface area contributed by atoms with Crippen molar-refractivity contribution in [1.29, 1.82) is 0 Å². The van der Waals surface area contributed by atoms with Gasteiger partial charge < -0.3 is 0 Å². The summed E-state index contributed by atoms with van der Waals surface area (Å²) in [5.74, 6) is 0. The number of hydrogen-bond acceptors (Lipinski definition) is 4. The summed E-state index contributed by atoms with van der Waals surface area (Å²) in [6.45, 7) is 19.9. The van der Waals surface area contributed by atoms with E-state index in [-0.39, 0.29) is 0 Å². The maximum absolute atomic E-state index is 2.49. The van der Waals surface area contributed by atoms with E-state index in [9.17, 15) is 0 Å². The van der Waals surface area contributed by atoms with Crippen LogP contribution in [0.3, 0.4) is 0 Å². The van der Waals surface area contributed by atoms with Crippen LogP contribution in [0.1, 0.15) is 55.4 Å². The summed E-state index contributed by atoms with van der Waals surface area (Å²) in [6.07, 6.45) is 0. The molecule has 0 unspecified atom stereocenters. The zero-order valence-electron chi connectivity index (χ0n) is 12.6. The molecule has 4 fully saturated rings. The maximum Gasteiger partial charge on any atom is 0.0683 e. The first-order valence-corrected chi connectivity index (χ1v) is 9.90. The molecular formula is C14H24S4. The molecule has 4 rings (SSSR count). The topological polar surface area (TPSA) is 0 Å². The molecule has 0 saturated carbocycles. The third kappa shape index (κ3) is 1.24. The fraction of sp³-hybridized carbons (Fsp3) is 1.00. The number of thioether (sulfide) groups is 4. The molecule has 104 valence electrons. The molecule has 0 aromatic heterocycles. The Kier molecular flexibility index (Phi) is 2.59. The van der Waals surface area contributed by atoms with Crippen molar-refractivity contribution in [1.82, 2.24) is 0 Å².